The van der Waals surface area contributed by atoms with Gasteiger partial charge in [-0.1, -0.05) is 13.8 Å². The molecule has 0 aliphatic heterocycles. The van der Waals surface area contributed by atoms with E-state index in [-0.39, 0.29) is 5.69 Å². The van der Waals surface area contributed by atoms with Crippen LogP contribution in [0.3, 0.4) is 0 Å². The van der Waals surface area contributed by atoms with Crippen LogP contribution in [-0.4, -0.2) is 17.6 Å². The summed E-state index contributed by atoms with van der Waals surface area (Å²) in [7, 11) is 0. The minimum absolute atomic E-state index is 0.0305. The highest BCUT2D eigenvalue weighted by atomic mass is 16.7. The van der Waals surface area contributed by atoms with Crippen molar-refractivity contribution in [3.63, 3.8) is 0 Å². The van der Waals surface area contributed by atoms with E-state index in [2.05, 4.69) is 10.8 Å². The molecule has 0 atom stereocenters. The van der Waals surface area contributed by atoms with Crippen LogP contribution in [0.2, 0.25) is 0 Å². The normalized spacial score (nSPS) is 10.2. The van der Waals surface area contributed by atoms with Crippen molar-refractivity contribution in [3.8, 4) is 0 Å². The number of carbonyl (C=O) groups excluding carboxylic acids is 1. The second-order valence-corrected chi connectivity index (χ2v) is 4.07. The van der Waals surface area contributed by atoms with Gasteiger partial charge in [-0.2, -0.15) is 0 Å². The van der Waals surface area contributed by atoms with Crippen LogP contribution in [0.4, 0.5) is 16.2 Å². The van der Waals surface area contributed by atoms with E-state index in [9.17, 15) is 14.9 Å². The van der Waals surface area contributed by atoms with Crippen molar-refractivity contribution >= 4 is 17.4 Å². The zero-order valence-electron chi connectivity index (χ0n) is 10.2. The molecule has 2 amide bonds. The summed E-state index contributed by atoms with van der Waals surface area (Å²) in [5.74, 6) is 0.310. The van der Waals surface area contributed by atoms with Crippen LogP contribution >= 0.6 is 0 Å². The first kappa shape index (κ1) is 13.9. The van der Waals surface area contributed by atoms with E-state index in [0.29, 0.717) is 18.2 Å². The van der Waals surface area contributed by atoms with E-state index in [1.807, 2.05) is 13.8 Å². The van der Waals surface area contributed by atoms with Gasteiger partial charge in [0.25, 0.3) is 5.69 Å². The van der Waals surface area contributed by atoms with Crippen LogP contribution in [0, 0.1) is 16.0 Å². The highest BCUT2D eigenvalue weighted by Gasteiger charge is 2.06. The molecule has 0 radical (unpaired) electrons. The number of anilines is 1. The zero-order chi connectivity index (χ0) is 13.5. The number of hydrogen-bond acceptors (Lipinski definition) is 4. The van der Waals surface area contributed by atoms with Crippen molar-refractivity contribution in [1.29, 1.82) is 0 Å². The Morgan fingerprint density at radius 3 is 2.50 bits per heavy atom. The lowest BCUT2D eigenvalue weighted by Crippen LogP contribution is -2.30. The molecule has 0 aromatic heterocycles. The summed E-state index contributed by atoms with van der Waals surface area (Å²) < 4.78 is 0. The van der Waals surface area contributed by atoms with Crippen LogP contribution in [-0.2, 0) is 4.84 Å². The SMILES string of the molecule is CC(C)CONC(=O)Nc1ccc([N+](=O)[O-])cc1. The number of hydroxylamine groups is 1. The van der Waals surface area contributed by atoms with Crippen LogP contribution in [0.5, 0.6) is 0 Å². The lowest BCUT2D eigenvalue weighted by molar-refractivity contribution is -0.384. The lowest BCUT2D eigenvalue weighted by Gasteiger charge is -2.09. The molecule has 0 saturated carbocycles. The Morgan fingerprint density at radius 1 is 1.39 bits per heavy atom. The van der Waals surface area contributed by atoms with Crippen LogP contribution in [0.1, 0.15) is 13.8 Å². The van der Waals surface area contributed by atoms with Gasteiger partial charge >= 0.3 is 6.03 Å². The third-order valence-electron chi connectivity index (χ3n) is 1.92. The van der Waals surface area contributed by atoms with Gasteiger partial charge in [-0.25, -0.2) is 10.3 Å². The molecule has 0 unspecified atom stereocenters. The maximum atomic E-state index is 11.3. The molecular weight excluding hydrogens is 238 g/mol. The topological polar surface area (TPSA) is 93.5 Å². The van der Waals surface area contributed by atoms with E-state index in [0.717, 1.165) is 0 Å². The highest BCUT2D eigenvalue weighted by Crippen LogP contribution is 2.15. The third kappa shape index (κ3) is 4.79. The maximum absolute atomic E-state index is 11.3. The number of carbonyl (C=O) groups is 1. The predicted molar refractivity (Wildman–Crippen MR) is 66.0 cm³/mol. The molecule has 0 aliphatic carbocycles. The Bertz CT molecular complexity index is 417. The number of amides is 2. The number of benzene rings is 1. The van der Waals surface area contributed by atoms with E-state index in [1.165, 1.54) is 24.3 Å². The summed E-state index contributed by atoms with van der Waals surface area (Å²) in [5, 5.41) is 12.9. The number of nitro groups is 1. The molecule has 7 nitrogen and oxygen atoms in total. The van der Waals surface area contributed by atoms with Crippen LogP contribution < -0.4 is 10.8 Å². The van der Waals surface area contributed by atoms with Gasteiger partial charge in [0.1, 0.15) is 0 Å². The quantitative estimate of drug-likeness (QED) is 0.622. The molecule has 1 aromatic rings. The summed E-state index contributed by atoms with van der Waals surface area (Å²) >= 11 is 0. The molecule has 98 valence electrons. The first-order valence-corrected chi connectivity index (χ1v) is 5.42. The predicted octanol–water partition coefficient (Wildman–Crippen LogP) is 2.30. The van der Waals surface area contributed by atoms with E-state index in [1.54, 1.807) is 0 Å². The number of rotatable bonds is 5. The van der Waals surface area contributed by atoms with Gasteiger partial charge in [0.05, 0.1) is 11.5 Å². The molecule has 1 aromatic carbocycles. The molecule has 0 saturated heterocycles. The molecular formula is C11H15N3O4. The minimum atomic E-state index is -0.524. The standard InChI is InChI=1S/C11H15N3O4/c1-8(2)7-18-13-11(15)12-9-3-5-10(6-4-9)14(16)17/h3-6,8H,7H2,1-2H3,(H2,12,13,15). The average molecular weight is 253 g/mol. The molecule has 18 heavy (non-hydrogen) atoms. The van der Waals surface area contributed by atoms with Gasteiger partial charge in [0.15, 0.2) is 0 Å². The monoisotopic (exact) mass is 253 g/mol. The molecule has 0 spiro atoms. The van der Waals surface area contributed by atoms with Crippen LogP contribution in [0.15, 0.2) is 24.3 Å². The number of non-ortho nitro benzene ring substituents is 1. The van der Waals surface area contributed by atoms with Gasteiger partial charge in [0, 0.05) is 17.8 Å². The minimum Gasteiger partial charge on any atom is -0.306 e. The number of nitrogens with one attached hydrogen (secondary N) is 2. The molecule has 2 N–H and O–H groups in total. The summed E-state index contributed by atoms with van der Waals surface area (Å²) in [6, 6.07) is 4.99. The maximum Gasteiger partial charge on any atom is 0.343 e. The van der Waals surface area contributed by atoms with E-state index in [4.69, 9.17) is 4.84 Å². The number of nitro benzene ring substituents is 1. The smallest absolute Gasteiger partial charge is 0.306 e. The van der Waals surface area contributed by atoms with E-state index < -0.39 is 11.0 Å². The Balaban J connectivity index is 2.42. The van der Waals surface area contributed by atoms with Gasteiger partial charge < -0.3 is 5.32 Å². The van der Waals surface area contributed by atoms with Crippen molar-refractivity contribution in [2.75, 3.05) is 11.9 Å². The summed E-state index contributed by atoms with van der Waals surface area (Å²) in [5.41, 5.74) is 2.64. The highest BCUT2D eigenvalue weighted by molar-refractivity contribution is 5.88. The Labute approximate surface area is 104 Å². The zero-order valence-corrected chi connectivity index (χ0v) is 10.2. The Hall–Kier alpha value is -2.15. The number of nitrogens with zero attached hydrogens (tertiary/aromatic N) is 1. The number of hydrogen-bond donors (Lipinski definition) is 2. The van der Waals surface area contributed by atoms with Gasteiger partial charge in [-0.05, 0) is 18.1 Å². The lowest BCUT2D eigenvalue weighted by atomic mass is 10.2. The fourth-order valence-corrected chi connectivity index (χ4v) is 1.10. The van der Waals surface area contributed by atoms with Gasteiger partial charge in [-0.15, -0.1) is 0 Å². The largest absolute Gasteiger partial charge is 0.343 e. The molecule has 0 bridgehead atoms. The van der Waals surface area contributed by atoms with Crippen molar-refractivity contribution in [3.05, 3.63) is 34.4 Å². The summed E-state index contributed by atoms with van der Waals surface area (Å²) in [4.78, 5) is 26.2. The molecule has 1 rings (SSSR count). The van der Waals surface area contributed by atoms with Crippen LogP contribution in [0.25, 0.3) is 0 Å². The second kappa shape index (κ2) is 6.55. The molecule has 0 aliphatic rings. The number of urea groups is 1. The first-order valence-electron chi connectivity index (χ1n) is 5.42. The average Bonchev–Trinajstić information content (AvgIpc) is 2.29. The summed E-state index contributed by atoms with van der Waals surface area (Å²) in [6.45, 7) is 4.32. The van der Waals surface area contributed by atoms with Crippen molar-refractivity contribution < 1.29 is 14.6 Å². The van der Waals surface area contributed by atoms with Crippen molar-refractivity contribution in [2.45, 2.75) is 13.8 Å². The second-order valence-electron chi connectivity index (χ2n) is 4.07. The Kier molecular flexibility index (Phi) is 5.06. The first-order chi connectivity index (χ1) is 8.49. The Morgan fingerprint density at radius 2 is 2.00 bits per heavy atom. The fraction of sp³-hybridized carbons (Fsp3) is 0.364. The van der Waals surface area contributed by atoms with Crippen molar-refractivity contribution in [2.24, 2.45) is 5.92 Å². The van der Waals surface area contributed by atoms with Crippen molar-refractivity contribution in [1.82, 2.24) is 5.48 Å². The van der Waals surface area contributed by atoms with Gasteiger partial charge in [-0.3, -0.25) is 15.0 Å². The molecule has 0 heterocycles. The molecule has 7 heteroatoms. The third-order valence-corrected chi connectivity index (χ3v) is 1.92. The summed E-state index contributed by atoms with van der Waals surface area (Å²) in [6.07, 6.45) is 0. The van der Waals surface area contributed by atoms with Gasteiger partial charge in [0.2, 0.25) is 0 Å². The van der Waals surface area contributed by atoms with E-state index >= 15 is 0 Å². The fourth-order valence-electron chi connectivity index (χ4n) is 1.10. The molecule has 0 fully saturated rings.